The second-order valence-corrected chi connectivity index (χ2v) is 5.89. The molecule has 1 unspecified atom stereocenters. The third-order valence-corrected chi connectivity index (χ3v) is 3.29. The highest BCUT2D eigenvalue weighted by Crippen LogP contribution is 2.36. The van der Waals surface area contributed by atoms with E-state index in [1.807, 2.05) is 6.07 Å². The Morgan fingerprint density at radius 2 is 1.94 bits per heavy atom. The molecule has 1 heteroatoms. The van der Waals surface area contributed by atoms with Crippen molar-refractivity contribution in [3.05, 3.63) is 47.5 Å². The van der Waals surface area contributed by atoms with Crippen LogP contribution in [-0.2, 0) is 11.3 Å². The second kappa shape index (κ2) is 5.05. The lowest BCUT2D eigenvalue weighted by Gasteiger charge is -2.33. The lowest BCUT2D eigenvalue weighted by Crippen LogP contribution is -2.26. The number of ether oxygens (including phenoxy) is 1. The van der Waals surface area contributed by atoms with Crippen molar-refractivity contribution in [2.75, 3.05) is 0 Å². The molecule has 92 valence electrons. The Morgan fingerprint density at radius 3 is 2.59 bits per heavy atom. The Hall–Kier alpha value is -1.08. The molecule has 0 N–H and O–H groups in total. The Labute approximate surface area is 104 Å². The first kappa shape index (κ1) is 12.4. The van der Waals surface area contributed by atoms with Crippen molar-refractivity contribution in [3.63, 3.8) is 0 Å². The van der Waals surface area contributed by atoms with Gasteiger partial charge in [0.2, 0.25) is 0 Å². The van der Waals surface area contributed by atoms with Crippen LogP contribution in [0.2, 0.25) is 0 Å². The highest BCUT2D eigenvalue weighted by molar-refractivity contribution is 5.14. The molecule has 0 saturated carbocycles. The standard InChI is InChI=1S/C16H22O/c1-13-9-15(11-16(2,3)10-13)17-12-14-7-5-4-6-8-14/h4-9,15H,10-12H2,1-3H3. The number of rotatable bonds is 3. The fourth-order valence-corrected chi connectivity index (χ4v) is 2.69. The molecule has 0 bridgehead atoms. The first-order valence-electron chi connectivity index (χ1n) is 6.38. The SMILES string of the molecule is CC1=CC(OCc2ccccc2)CC(C)(C)C1. The van der Waals surface area contributed by atoms with Crippen LogP contribution in [0.1, 0.15) is 39.2 Å². The zero-order valence-corrected chi connectivity index (χ0v) is 11.1. The van der Waals surface area contributed by atoms with Crippen LogP contribution in [0.4, 0.5) is 0 Å². The van der Waals surface area contributed by atoms with Gasteiger partial charge in [0.1, 0.15) is 0 Å². The van der Waals surface area contributed by atoms with Crippen LogP contribution in [-0.4, -0.2) is 6.10 Å². The minimum absolute atomic E-state index is 0.277. The number of hydrogen-bond acceptors (Lipinski definition) is 1. The maximum Gasteiger partial charge on any atom is 0.0768 e. The summed E-state index contributed by atoms with van der Waals surface area (Å²) < 4.78 is 6.00. The molecule has 0 amide bonds. The van der Waals surface area contributed by atoms with Crippen molar-refractivity contribution in [2.24, 2.45) is 5.41 Å². The molecule has 0 aromatic heterocycles. The number of hydrogen-bond donors (Lipinski definition) is 0. The van der Waals surface area contributed by atoms with Gasteiger partial charge < -0.3 is 4.74 Å². The van der Waals surface area contributed by atoms with Crippen molar-refractivity contribution in [1.29, 1.82) is 0 Å². The summed E-state index contributed by atoms with van der Waals surface area (Å²) in [7, 11) is 0. The van der Waals surface area contributed by atoms with Crippen molar-refractivity contribution in [2.45, 2.75) is 46.3 Å². The largest absolute Gasteiger partial charge is 0.369 e. The van der Waals surface area contributed by atoms with Gasteiger partial charge in [-0.15, -0.1) is 0 Å². The van der Waals surface area contributed by atoms with Gasteiger partial charge >= 0.3 is 0 Å². The highest BCUT2D eigenvalue weighted by Gasteiger charge is 2.27. The second-order valence-electron chi connectivity index (χ2n) is 5.89. The average molecular weight is 230 g/mol. The summed E-state index contributed by atoms with van der Waals surface area (Å²) in [5.74, 6) is 0. The third-order valence-electron chi connectivity index (χ3n) is 3.29. The predicted octanol–water partition coefficient (Wildman–Crippen LogP) is 4.34. The number of benzene rings is 1. The van der Waals surface area contributed by atoms with Gasteiger partial charge in [-0.1, -0.05) is 55.8 Å². The van der Waals surface area contributed by atoms with Gasteiger partial charge in [-0.25, -0.2) is 0 Å². The van der Waals surface area contributed by atoms with E-state index in [2.05, 4.69) is 51.1 Å². The molecule has 17 heavy (non-hydrogen) atoms. The first-order chi connectivity index (χ1) is 8.05. The Bertz CT molecular complexity index is 389. The van der Waals surface area contributed by atoms with Gasteiger partial charge in [-0.3, -0.25) is 0 Å². The van der Waals surface area contributed by atoms with Crippen LogP contribution >= 0.6 is 0 Å². The normalized spacial score (nSPS) is 23.2. The van der Waals surface area contributed by atoms with Gasteiger partial charge in [0.25, 0.3) is 0 Å². The lowest BCUT2D eigenvalue weighted by molar-refractivity contribution is 0.0346. The molecule has 0 spiro atoms. The van der Waals surface area contributed by atoms with Gasteiger partial charge in [-0.2, -0.15) is 0 Å². The maximum atomic E-state index is 6.00. The fraction of sp³-hybridized carbons (Fsp3) is 0.500. The van der Waals surface area contributed by atoms with Crippen molar-refractivity contribution in [3.8, 4) is 0 Å². The van der Waals surface area contributed by atoms with E-state index in [0.29, 0.717) is 12.0 Å². The van der Waals surface area contributed by atoms with E-state index in [4.69, 9.17) is 4.74 Å². The summed E-state index contributed by atoms with van der Waals surface area (Å²) in [5.41, 5.74) is 3.08. The first-order valence-corrected chi connectivity index (χ1v) is 6.38. The molecule has 0 heterocycles. The molecule has 1 atom stereocenters. The van der Waals surface area contributed by atoms with Crippen molar-refractivity contribution >= 4 is 0 Å². The Kier molecular flexibility index (Phi) is 3.68. The molecule has 2 rings (SSSR count). The zero-order chi connectivity index (χ0) is 12.3. The third kappa shape index (κ3) is 3.71. The van der Waals surface area contributed by atoms with E-state index in [9.17, 15) is 0 Å². The van der Waals surface area contributed by atoms with Gasteiger partial charge in [0.05, 0.1) is 12.7 Å². The molecule has 1 nitrogen and oxygen atoms in total. The minimum atomic E-state index is 0.277. The molecule has 0 aliphatic heterocycles. The van der Waals surface area contributed by atoms with Crippen molar-refractivity contribution in [1.82, 2.24) is 0 Å². The van der Waals surface area contributed by atoms with E-state index in [0.717, 1.165) is 6.42 Å². The van der Waals surface area contributed by atoms with E-state index >= 15 is 0 Å². The summed E-state index contributed by atoms with van der Waals surface area (Å²) in [5, 5.41) is 0. The van der Waals surface area contributed by atoms with Crippen LogP contribution in [0.15, 0.2) is 42.0 Å². The Morgan fingerprint density at radius 1 is 1.24 bits per heavy atom. The molecule has 1 aliphatic carbocycles. The van der Waals surface area contributed by atoms with E-state index < -0.39 is 0 Å². The van der Waals surface area contributed by atoms with Gasteiger partial charge in [-0.05, 0) is 30.7 Å². The van der Waals surface area contributed by atoms with Gasteiger partial charge in [0.15, 0.2) is 0 Å². The summed E-state index contributed by atoms with van der Waals surface area (Å²) in [6, 6.07) is 10.4. The molecule has 0 radical (unpaired) electrons. The summed E-state index contributed by atoms with van der Waals surface area (Å²) in [6.07, 6.45) is 4.88. The van der Waals surface area contributed by atoms with Crippen LogP contribution in [0.3, 0.4) is 0 Å². The molecule has 1 aromatic rings. The van der Waals surface area contributed by atoms with Crippen molar-refractivity contribution < 1.29 is 4.74 Å². The zero-order valence-electron chi connectivity index (χ0n) is 11.1. The smallest absolute Gasteiger partial charge is 0.0768 e. The Balaban J connectivity index is 1.94. The van der Waals surface area contributed by atoms with Crippen LogP contribution < -0.4 is 0 Å². The van der Waals surface area contributed by atoms with Gasteiger partial charge in [0, 0.05) is 0 Å². The summed E-state index contributed by atoms with van der Waals surface area (Å²) in [4.78, 5) is 0. The quantitative estimate of drug-likeness (QED) is 0.702. The predicted molar refractivity (Wildman–Crippen MR) is 71.8 cm³/mol. The molecule has 0 saturated heterocycles. The highest BCUT2D eigenvalue weighted by atomic mass is 16.5. The molecule has 0 fully saturated rings. The fourth-order valence-electron chi connectivity index (χ4n) is 2.69. The topological polar surface area (TPSA) is 9.23 Å². The summed E-state index contributed by atoms with van der Waals surface area (Å²) in [6.45, 7) is 7.57. The lowest BCUT2D eigenvalue weighted by atomic mass is 9.76. The van der Waals surface area contributed by atoms with E-state index in [1.54, 1.807) is 0 Å². The molecule has 1 aromatic carbocycles. The molecular formula is C16H22O. The molecule has 1 aliphatic rings. The number of allylic oxidation sites excluding steroid dienone is 1. The average Bonchev–Trinajstić information content (AvgIpc) is 2.25. The monoisotopic (exact) mass is 230 g/mol. The molecular weight excluding hydrogens is 208 g/mol. The maximum absolute atomic E-state index is 6.00. The van der Waals surface area contributed by atoms with E-state index in [1.165, 1.54) is 17.6 Å². The summed E-state index contributed by atoms with van der Waals surface area (Å²) >= 11 is 0. The van der Waals surface area contributed by atoms with Crippen LogP contribution in [0.25, 0.3) is 0 Å². The van der Waals surface area contributed by atoms with Crippen LogP contribution in [0.5, 0.6) is 0 Å². The van der Waals surface area contributed by atoms with E-state index in [-0.39, 0.29) is 6.10 Å². The van der Waals surface area contributed by atoms with Crippen LogP contribution in [0, 0.1) is 5.41 Å². The minimum Gasteiger partial charge on any atom is -0.369 e.